The summed E-state index contributed by atoms with van der Waals surface area (Å²) in [5.74, 6) is 0.959. The van der Waals surface area contributed by atoms with E-state index in [-0.39, 0.29) is 5.54 Å². The van der Waals surface area contributed by atoms with Gasteiger partial charge < -0.3 is 4.90 Å². The van der Waals surface area contributed by atoms with E-state index >= 15 is 0 Å². The SMILES string of the molecule is CCN(CCCC(C)(C#N)NC(C)C)CC1CC1. The molecule has 1 aliphatic rings. The van der Waals surface area contributed by atoms with Gasteiger partial charge in [-0.25, -0.2) is 0 Å². The Labute approximate surface area is 113 Å². The molecule has 1 atom stereocenters. The summed E-state index contributed by atoms with van der Waals surface area (Å²) < 4.78 is 0. The first-order valence-electron chi connectivity index (χ1n) is 7.40. The fourth-order valence-electron chi connectivity index (χ4n) is 2.50. The summed E-state index contributed by atoms with van der Waals surface area (Å²) in [6, 6.07) is 2.79. The van der Waals surface area contributed by atoms with Crippen LogP contribution in [0.1, 0.15) is 53.4 Å². The summed E-state index contributed by atoms with van der Waals surface area (Å²) in [5.41, 5.74) is -0.368. The maximum absolute atomic E-state index is 9.29. The van der Waals surface area contributed by atoms with E-state index in [4.69, 9.17) is 0 Å². The Hall–Kier alpha value is -0.590. The van der Waals surface area contributed by atoms with Crippen molar-refractivity contribution in [1.29, 1.82) is 5.26 Å². The smallest absolute Gasteiger partial charge is 0.104 e. The van der Waals surface area contributed by atoms with E-state index in [0.717, 1.165) is 31.8 Å². The second-order valence-electron chi connectivity index (χ2n) is 6.18. The van der Waals surface area contributed by atoms with E-state index in [2.05, 4.69) is 37.1 Å². The lowest BCUT2D eigenvalue weighted by molar-refractivity contribution is 0.257. The fraction of sp³-hybridized carbons (Fsp3) is 0.933. The van der Waals surface area contributed by atoms with Crippen molar-refractivity contribution in [3.05, 3.63) is 0 Å². The van der Waals surface area contributed by atoms with Crippen LogP contribution in [0.5, 0.6) is 0 Å². The van der Waals surface area contributed by atoms with Gasteiger partial charge in [0, 0.05) is 12.6 Å². The van der Waals surface area contributed by atoms with Crippen molar-refractivity contribution in [1.82, 2.24) is 10.2 Å². The number of hydrogen-bond acceptors (Lipinski definition) is 3. The number of nitriles is 1. The van der Waals surface area contributed by atoms with E-state index in [1.807, 2.05) is 6.92 Å². The molecule has 3 nitrogen and oxygen atoms in total. The van der Waals surface area contributed by atoms with Crippen molar-refractivity contribution in [2.75, 3.05) is 19.6 Å². The summed E-state index contributed by atoms with van der Waals surface area (Å²) in [6.45, 7) is 12.0. The normalized spacial score (nSPS) is 18.9. The Morgan fingerprint density at radius 1 is 1.44 bits per heavy atom. The van der Waals surface area contributed by atoms with Gasteiger partial charge in [0.05, 0.1) is 6.07 Å². The molecule has 104 valence electrons. The Bertz CT molecular complexity index is 278. The van der Waals surface area contributed by atoms with Crippen LogP contribution in [0.25, 0.3) is 0 Å². The number of hydrogen-bond donors (Lipinski definition) is 1. The minimum atomic E-state index is -0.368. The molecule has 0 amide bonds. The lowest BCUT2D eigenvalue weighted by atomic mass is 9.96. The molecule has 1 rings (SSSR count). The summed E-state index contributed by atoms with van der Waals surface area (Å²) in [4.78, 5) is 2.53. The van der Waals surface area contributed by atoms with Crippen LogP contribution in [0.3, 0.4) is 0 Å². The van der Waals surface area contributed by atoms with Crippen LogP contribution >= 0.6 is 0 Å². The highest BCUT2D eigenvalue weighted by molar-refractivity contribution is 5.04. The van der Waals surface area contributed by atoms with Crippen LogP contribution in [0.4, 0.5) is 0 Å². The van der Waals surface area contributed by atoms with Crippen LogP contribution in [-0.4, -0.2) is 36.1 Å². The van der Waals surface area contributed by atoms with Crippen molar-refractivity contribution in [2.45, 2.75) is 65.0 Å². The third kappa shape index (κ3) is 5.84. The van der Waals surface area contributed by atoms with Gasteiger partial charge in [-0.05, 0) is 65.5 Å². The van der Waals surface area contributed by atoms with Crippen molar-refractivity contribution < 1.29 is 0 Å². The van der Waals surface area contributed by atoms with Crippen LogP contribution in [0.15, 0.2) is 0 Å². The molecule has 0 aromatic heterocycles. The highest BCUT2D eigenvalue weighted by atomic mass is 15.1. The fourth-order valence-corrected chi connectivity index (χ4v) is 2.50. The van der Waals surface area contributed by atoms with Gasteiger partial charge in [-0.2, -0.15) is 5.26 Å². The first kappa shape index (κ1) is 15.5. The number of nitrogens with one attached hydrogen (secondary N) is 1. The second kappa shape index (κ2) is 7.11. The molecule has 0 aromatic carbocycles. The second-order valence-corrected chi connectivity index (χ2v) is 6.18. The molecule has 18 heavy (non-hydrogen) atoms. The van der Waals surface area contributed by atoms with Crippen LogP contribution in [0.2, 0.25) is 0 Å². The Balaban J connectivity index is 2.26. The Morgan fingerprint density at radius 3 is 2.56 bits per heavy atom. The molecule has 0 aromatic rings. The molecule has 0 heterocycles. The van der Waals surface area contributed by atoms with E-state index in [0.29, 0.717) is 6.04 Å². The Morgan fingerprint density at radius 2 is 2.11 bits per heavy atom. The van der Waals surface area contributed by atoms with Crippen LogP contribution < -0.4 is 5.32 Å². The average Bonchev–Trinajstić information content (AvgIpc) is 3.10. The van der Waals surface area contributed by atoms with Gasteiger partial charge in [-0.1, -0.05) is 6.92 Å². The van der Waals surface area contributed by atoms with E-state index in [9.17, 15) is 5.26 Å². The van der Waals surface area contributed by atoms with Gasteiger partial charge in [0.2, 0.25) is 0 Å². The van der Waals surface area contributed by atoms with Gasteiger partial charge in [-0.3, -0.25) is 5.32 Å². The lowest BCUT2D eigenvalue weighted by Crippen LogP contribution is -2.45. The van der Waals surface area contributed by atoms with Gasteiger partial charge in [-0.15, -0.1) is 0 Å². The van der Waals surface area contributed by atoms with Gasteiger partial charge in [0.25, 0.3) is 0 Å². The highest BCUT2D eigenvalue weighted by Crippen LogP contribution is 2.29. The molecule has 0 saturated heterocycles. The molecule has 0 bridgehead atoms. The third-order valence-electron chi connectivity index (χ3n) is 3.67. The van der Waals surface area contributed by atoms with Gasteiger partial charge in [0.1, 0.15) is 5.54 Å². The van der Waals surface area contributed by atoms with Crippen molar-refractivity contribution in [3.8, 4) is 6.07 Å². The molecule has 1 N–H and O–H groups in total. The van der Waals surface area contributed by atoms with E-state index in [1.54, 1.807) is 0 Å². The first-order chi connectivity index (χ1) is 8.49. The highest BCUT2D eigenvalue weighted by Gasteiger charge is 2.26. The standard InChI is InChI=1S/C15H29N3/c1-5-18(11-14-7-8-14)10-6-9-15(4,12-16)17-13(2)3/h13-14,17H,5-11H2,1-4H3. The molecule has 1 unspecified atom stereocenters. The summed E-state index contributed by atoms with van der Waals surface area (Å²) in [5, 5.41) is 12.7. The van der Waals surface area contributed by atoms with Crippen molar-refractivity contribution in [2.24, 2.45) is 5.92 Å². The molecule has 1 fully saturated rings. The predicted octanol–water partition coefficient (Wildman–Crippen LogP) is 2.78. The number of nitrogens with zero attached hydrogens (tertiary/aromatic N) is 2. The maximum atomic E-state index is 9.29. The molecule has 0 spiro atoms. The predicted molar refractivity (Wildman–Crippen MR) is 76.4 cm³/mol. The molecule has 0 radical (unpaired) electrons. The van der Waals surface area contributed by atoms with Crippen molar-refractivity contribution >= 4 is 0 Å². The molecule has 0 aliphatic heterocycles. The molecule has 1 saturated carbocycles. The zero-order valence-electron chi connectivity index (χ0n) is 12.5. The topological polar surface area (TPSA) is 39.1 Å². The monoisotopic (exact) mass is 251 g/mol. The maximum Gasteiger partial charge on any atom is 0.104 e. The molecular weight excluding hydrogens is 222 g/mol. The average molecular weight is 251 g/mol. The molecular formula is C15H29N3. The zero-order valence-corrected chi connectivity index (χ0v) is 12.5. The van der Waals surface area contributed by atoms with E-state index in [1.165, 1.54) is 19.4 Å². The molecule has 1 aliphatic carbocycles. The zero-order chi connectivity index (χ0) is 13.6. The minimum Gasteiger partial charge on any atom is -0.303 e. The van der Waals surface area contributed by atoms with Crippen molar-refractivity contribution in [3.63, 3.8) is 0 Å². The van der Waals surface area contributed by atoms with Crippen LogP contribution in [0, 0.1) is 17.2 Å². The van der Waals surface area contributed by atoms with Crippen LogP contribution in [-0.2, 0) is 0 Å². The minimum absolute atomic E-state index is 0.364. The lowest BCUT2D eigenvalue weighted by Gasteiger charge is -2.27. The summed E-state index contributed by atoms with van der Waals surface area (Å²) in [7, 11) is 0. The summed E-state index contributed by atoms with van der Waals surface area (Å²) in [6.07, 6.45) is 4.87. The Kier molecular flexibility index (Phi) is 6.11. The molecule has 3 heteroatoms. The van der Waals surface area contributed by atoms with Gasteiger partial charge >= 0.3 is 0 Å². The first-order valence-corrected chi connectivity index (χ1v) is 7.40. The quantitative estimate of drug-likeness (QED) is 0.685. The van der Waals surface area contributed by atoms with Gasteiger partial charge in [0.15, 0.2) is 0 Å². The summed E-state index contributed by atoms with van der Waals surface area (Å²) >= 11 is 0. The third-order valence-corrected chi connectivity index (χ3v) is 3.67. The van der Waals surface area contributed by atoms with E-state index < -0.39 is 0 Å². The number of rotatable bonds is 9. The largest absolute Gasteiger partial charge is 0.303 e.